The molecule has 34 heavy (non-hydrogen) atoms. The van der Waals surface area contributed by atoms with Gasteiger partial charge in [0.2, 0.25) is 0 Å². The van der Waals surface area contributed by atoms with Crippen molar-refractivity contribution in [3.05, 3.63) is 45.7 Å². The number of nitrogens with zero attached hydrogens (tertiary/aromatic N) is 3. The molecule has 4 heterocycles. The van der Waals surface area contributed by atoms with Crippen LogP contribution in [0.5, 0.6) is 0 Å². The number of ether oxygens (including phenoxy) is 2. The summed E-state index contributed by atoms with van der Waals surface area (Å²) in [6, 6.07) is 4.29. The van der Waals surface area contributed by atoms with Gasteiger partial charge in [0.15, 0.2) is 0 Å². The second kappa shape index (κ2) is 9.06. The maximum atomic E-state index is 13.4. The van der Waals surface area contributed by atoms with Crippen molar-refractivity contribution in [2.24, 2.45) is 0 Å². The van der Waals surface area contributed by atoms with Crippen molar-refractivity contribution < 1.29 is 23.9 Å². The van der Waals surface area contributed by atoms with E-state index in [9.17, 15) is 14.4 Å². The third kappa shape index (κ3) is 3.87. The Balaban J connectivity index is 1.18. The van der Waals surface area contributed by atoms with Crippen molar-refractivity contribution in [2.45, 2.75) is 65.1 Å². The normalized spacial score (nSPS) is 23.7. The van der Waals surface area contributed by atoms with Crippen LogP contribution in [-0.4, -0.2) is 77.5 Å². The van der Waals surface area contributed by atoms with E-state index in [2.05, 4.69) is 24.8 Å². The number of cyclic esters (lactones) is 2. The first kappa shape index (κ1) is 22.9. The highest BCUT2D eigenvalue weighted by Crippen LogP contribution is 2.32. The van der Waals surface area contributed by atoms with Crippen molar-refractivity contribution in [3.8, 4) is 0 Å². The van der Waals surface area contributed by atoms with Crippen LogP contribution >= 0.6 is 0 Å². The molecule has 4 aliphatic heterocycles. The first-order chi connectivity index (χ1) is 16.4. The molecule has 182 valence electrons. The standard InChI is InChI=1S/C26H33N3O5/c1-4-19-13-28(26(32)29(19)23-15-34-24(30)17(23)3)20-8-11-27(12-9-20)10-7-18-5-6-21-22(16(18)2)14-33-25(21)31/h5-6,19-20H,4,7-15H2,1-3H3. The van der Waals surface area contributed by atoms with E-state index in [1.807, 2.05) is 15.9 Å². The summed E-state index contributed by atoms with van der Waals surface area (Å²) >= 11 is 0. The summed E-state index contributed by atoms with van der Waals surface area (Å²) in [5, 5.41) is 0. The van der Waals surface area contributed by atoms with Gasteiger partial charge >= 0.3 is 18.0 Å². The molecule has 1 unspecified atom stereocenters. The molecule has 0 spiro atoms. The molecular formula is C26H33N3O5. The molecule has 2 saturated heterocycles. The summed E-state index contributed by atoms with van der Waals surface area (Å²) in [6.07, 6.45) is 3.69. The minimum Gasteiger partial charge on any atom is -0.457 e. The van der Waals surface area contributed by atoms with Crippen LogP contribution in [0.3, 0.4) is 0 Å². The van der Waals surface area contributed by atoms with Gasteiger partial charge in [-0.05, 0) is 56.7 Å². The van der Waals surface area contributed by atoms with E-state index in [4.69, 9.17) is 9.47 Å². The summed E-state index contributed by atoms with van der Waals surface area (Å²) in [4.78, 5) is 43.3. The molecule has 0 saturated carbocycles. The largest absolute Gasteiger partial charge is 0.457 e. The van der Waals surface area contributed by atoms with Crippen molar-refractivity contribution >= 4 is 18.0 Å². The topological polar surface area (TPSA) is 79.4 Å². The quantitative estimate of drug-likeness (QED) is 0.599. The number of hydrogen-bond donors (Lipinski definition) is 0. The monoisotopic (exact) mass is 467 g/mol. The van der Waals surface area contributed by atoms with E-state index >= 15 is 0 Å². The number of amides is 2. The lowest BCUT2D eigenvalue weighted by Crippen LogP contribution is -2.46. The van der Waals surface area contributed by atoms with Gasteiger partial charge in [0, 0.05) is 37.8 Å². The molecular weight excluding hydrogens is 434 g/mol. The Bertz CT molecular complexity index is 1060. The average Bonchev–Trinajstić information content (AvgIpc) is 3.49. The molecule has 1 aromatic rings. The highest BCUT2D eigenvalue weighted by atomic mass is 16.5. The predicted octanol–water partition coefficient (Wildman–Crippen LogP) is 3.02. The fraction of sp³-hybridized carbons (Fsp3) is 0.577. The molecule has 4 aliphatic rings. The second-order valence-electron chi connectivity index (χ2n) is 9.79. The van der Waals surface area contributed by atoms with Crippen LogP contribution in [0.1, 0.15) is 60.2 Å². The van der Waals surface area contributed by atoms with Crippen molar-refractivity contribution in [1.29, 1.82) is 0 Å². The lowest BCUT2D eigenvalue weighted by Gasteiger charge is -2.36. The van der Waals surface area contributed by atoms with E-state index in [0.717, 1.165) is 56.6 Å². The zero-order valence-corrected chi connectivity index (χ0v) is 20.3. The predicted molar refractivity (Wildman–Crippen MR) is 125 cm³/mol. The number of piperidine rings is 1. The van der Waals surface area contributed by atoms with E-state index in [0.29, 0.717) is 24.3 Å². The van der Waals surface area contributed by atoms with Gasteiger partial charge in [0.05, 0.1) is 22.9 Å². The molecule has 2 fully saturated rings. The Kier molecular flexibility index (Phi) is 6.10. The molecule has 0 aliphatic carbocycles. The van der Waals surface area contributed by atoms with Crippen LogP contribution in [0.25, 0.3) is 0 Å². The fourth-order valence-corrected chi connectivity index (χ4v) is 5.75. The Labute approximate surface area is 200 Å². The summed E-state index contributed by atoms with van der Waals surface area (Å²) < 4.78 is 10.4. The number of rotatable bonds is 6. The van der Waals surface area contributed by atoms with E-state index in [1.165, 1.54) is 11.1 Å². The first-order valence-electron chi connectivity index (χ1n) is 12.4. The van der Waals surface area contributed by atoms with Crippen LogP contribution < -0.4 is 0 Å². The highest BCUT2D eigenvalue weighted by molar-refractivity contribution is 5.94. The van der Waals surface area contributed by atoms with Gasteiger partial charge in [-0.1, -0.05) is 13.0 Å². The number of benzene rings is 1. The summed E-state index contributed by atoms with van der Waals surface area (Å²) in [6.45, 7) is 10.1. The molecule has 0 radical (unpaired) electrons. The van der Waals surface area contributed by atoms with Crippen LogP contribution in [0, 0.1) is 6.92 Å². The number of fused-ring (bicyclic) bond motifs is 1. The molecule has 0 bridgehead atoms. The highest BCUT2D eigenvalue weighted by Gasteiger charge is 2.44. The van der Waals surface area contributed by atoms with Crippen molar-refractivity contribution in [3.63, 3.8) is 0 Å². The van der Waals surface area contributed by atoms with Gasteiger partial charge in [-0.3, -0.25) is 4.90 Å². The minimum absolute atomic E-state index is 0.0171. The molecule has 1 atom stereocenters. The van der Waals surface area contributed by atoms with Gasteiger partial charge in [-0.2, -0.15) is 0 Å². The fourth-order valence-electron chi connectivity index (χ4n) is 5.75. The maximum Gasteiger partial charge on any atom is 0.338 e. The lowest BCUT2D eigenvalue weighted by atomic mass is 9.96. The van der Waals surface area contributed by atoms with Crippen molar-refractivity contribution in [1.82, 2.24) is 14.7 Å². The Morgan fingerprint density at radius 3 is 2.41 bits per heavy atom. The van der Waals surface area contributed by atoms with E-state index < -0.39 is 0 Å². The minimum atomic E-state index is -0.317. The number of hydrogen-bond acceptors (Lipinski definition) is 6. The number of carbonyl (C=O) groups is 3. The molecule has 8 nitrogen and oxygen atoms in total. The third-order valence-electron chi connectivity index (χ3n) is 8.04. The van der Waals surface area contributed by atoms with E-state index in [-0.39, 0.29) is 36.7 Å². The smallest absolute Gasteiger partial charge is 0.338 e. The maximum absolute atomic E-state index is 13.4. The Hall–Kier alpha value is -2.87. The number of esters is 2. The average molecular weight is 468 g/mol. The van der Waals surface area contributed by atoms with Gasteiger partial charge < -0.3 is 19.3 Å². The molecule has 8 heteroatoms. The van der Waals surface area contributed by atoms with Crippen LogP contribution in [0.2, 0.25) is 0 Å². The number of likely N-dealkylation sites (tertiary alicyclic amines) is 1. The van der Waals surface area contributed by atoms with Gasteiger partial charge in [-0.25, -0.2) is 14.4 Å². The van der Waals surface area contributed by atoms with Crippen LogP contribution in [-0.2, 0) is 27.3 Å². The zero-order valence-electron chi connectivity index (χ0n) is 20.3. The number of carbonyl (C=O) groups excluding carboxylic acids is 3. The van der Waals surface area contributed by atoms with Gasteiger partial charge in [0.25, 0.3) is 0 Å². The third-order valence-corrected chi connectivity index (χ3v) is 8.04. The Morgan fingerprint density at radius 2 is 1.74 bits per heavy atom. The van der Waals surface area contributed by atoms with Gasteiger partial charge in [-0.15, -0.1) is 0 Å². The second-order valence-corrected chi connectivity index (χ2v) is 9.79. The number of urea groups is 1. The van der Waals surface area contributed by atoms with Crippen LogP contribution in [0.15, 0.2) is 23.4 Å². The Morgan fingerprint density at radius 1 is 1.00 bits per heavy atom. The summed E-state index contributed by atoms with van der Waals surface area (Å²) in [5.74, 6) is -0.535. The SMILES string of the molecule is CCC1CN(C2CCN(CCc3ccc4c(c3C)COC4=O)CC2)C(=O)N1C1=C(C)C(=O)OC1. The van der Waals surface area contributed by atoms with E-state index in [1.54, 1.807) is 6.92 Å². The van der Waals surface area contributed by atoms with Crippen LogP contribution in [0.4, 0.5) is 4.79 Å². The molecule has 0 N–H and O–H groups in total. The molecule has 0 aromatic heterocycles. The first-order valence-corrected chi connectivity index (χ1v) is 12.4. The zero-order chi connectivity index (χ0) is 24.0. The molecule has 5 rings (SSSR count). The molecule has 2 amide bonds. The summed E-state index contributed by atoms with van der Waals surface area (Å²) in [5.41, 5.74) is 5.47. The lowest BCUT2D eigenvalue weighted by molar-refractivity contribution is -0.136. The van der Waals surface area contributed by atoms with Gasteiger partial charge in [0.1, 0.15) is 13.2 Å². The molecule has 1 aromatic carbocycles. The summed E-state index contributed by atoms with van der Waals surface area (Å²) in [7, 11) is 0. The van der Waals surface area contributed by atoms with Crippen molar-refractivity contribution in [2.75, 3.05) is 32.8 Å².